The van der Waals surface area contributed by atoms with Gasteiger partial charge in [-0.05, 0) is 38.0 Å². The van der Waals surface area contributed by atoms with Crippen LogP contribution in [0.2, 0.25) is 0 Å². The van der Waals surface area contributed by atoms with Gasteiger partial charge in [-0.25, -0.2) is 0 Å². The van der Waals surface area contributed by atoms with E-state index in [0.29, 0.717) is 6.54 Å². The van der Waals surface area contributed by atoms with Crippen LogP contribution in [0.3, 0.4) is 0 Å². The fourth-order valence-corrected chi connectivity index (χ4v) is 3.67. The van der Waals surface area contributed by atoms with Gasteiger partial charge in [0, 0.05) is 19.6 Å². The van der Waals surface area contributed by atoms with Crippen LogP contribution in [-0.4, -0.2) is 47.7 Å². The molecule has 1 heterocycles. The molecule has 0 aromatic carbocycles. The summed E-state index contributed by atoms with van der Waals surface area (Å²) < 4.78 is 0. The van der Waals surface area contributed by atoms with Crippen LogP contribution in [0.5, 0.6) is 0 Å². The van der Waals surface area contributed by atoms with Gasteiger partial charge >= 0.3 is 0 Å². The van der Waals surface area contributed by atoms with E-state index in [1.54, 1.807) is 0 Å². The Morgan fingerprint density at radius 2 is 1.85 bits per heavy atom. The molecule has 1 aliphatic heterocycles. The molecule has 2 fully saturated rings. The molecule has 0 amide bonds. The van der Waals surface area contributed by atoms with E-state index >= 15 is 0 Å². The lowest BCUT2D eigenvalue weighted by molar-refractivity contribution is 0.0570. The van der Waals surface area contributed by atoms with Crippen LogP contribution < -0.4 is 5.32 Å². The highest BCUT2D eigenvalue weighted by Gasteiger charge is 2.31. The Kier molecular flexibility index (Phi) is 5.30. The number of aliphatic hydroxyl groups is 1. The van der Waals surface area contributed by atoms with E-state index in [1.165, 1.54) is 6.42 Å². The fraction of sp³-hybridized carbons (Fsp3) is 0.938. The maximum absolute atomic E-state index is 10.5. The number of piperidine rings is 1. The number of guanidine groups is 1. The second kappa shape index (κ2) is 6.79. The number of aliphatic imine (C=N–C) groups is 1. The molecule has 1 saturated carbocycles. The lowest BCUT2D eigenvalue weighted by Crippen LogP contribution is -2.49. The topological polar surface area (TPSA) is 47.9 Å². The molecule has 116 valence electrons. The molecule has 1 saturated heterocycles. The molecule has 2 atom stereocenters. The molecule has 2 aliphatic rings. The molecule has 4 heteroatoms. The molecular weight excluding hydrogens is 250 g/mol. The van der Waals surface area contributed by atoms with Crippen molar-refractivity contribution in [2.75, 3.05) is 26.2 Å². The molecular formula is C16H31N3O. The summed E-state index contributed by atoms with van der Waals surface area (Å²) in [5, 5.41) is 13.9. The first-order valence-electron chi connectivity index (χ1n) is 8.28. The normalized spacial score (nSPS) is 30.6. The van der Waals surface area contributed by atoms with Gasteiger partial charge < -0.3 is 15.3 Å². The van der Waals surface area contributed by atoms with Gasteiger partial charge in [-0.3, -0.25) is 4.99 Å². The van der Waals surface area contributed by atoms with Crippen molar-refractivity contribution in [3.63, 3.8) is 0 Å². The van der Waals surface area contributed by atoms with Crippen LogP contribution >= 0.6 is 0 Å². The van der Waals surface area contributed by atoms with Crippen molar-refractivity contribution in [2.24, 2.45) is 16.8 Å². The highest BCUT2D eigenvalue weighted by molar-refractivity contribution is 5.80. The average Bonchev–Trinajstić information content (AvgIpc) is 2.80. The predicted octanol–water partition coefficient (Wildman–Crippen LogP) is 2.23. The first-order valence-corrected chi connectivity index (χ1v) is 8.28. The molecule has 4 nitrogen and oxygen atoms in total. The number of hydrogen-bond donors (Lipinski definition) is 2. The fourth-order valence-electron chi connectivity index (χ4n) is 3.67. The third kappa shape index (κ3) is 4.11. The van der Waals surface area contributed by atoms with Gasteiger partial charge in [-0.2, -0.15) is 0 Å². The number of nitrogens with one attached hydrogen (secondary N) is 1. The van der Waals surface area contributed by atoms with Crippen LogP contribution in [0.15, 0.2) is 4.99 Å². The molecule has 0 aromatic heterocycles. The first-order chi connectivity index (χ1) is 9.52. The first kappa shape index (κ1) is 15.6. The second-order valence-electron chi connectivity index (χ2n) is 6.95. The zero-order valence-electron chi connectivity index (χ0n) is 13.4. The lowest BCUT2D eigenvalue weighted by atomic mass is 9.92. The summed E-state index contributed by atoms with van der Waals surface area (Å²) in [6.45, 7) is 10.3. The highest BCUT2D eigenvalue weighted by Crippen LogP contribution is 2.29. The van der Waals surface area contributed by atoms with Crippen molar-refractivity contribution in [2.45, 2.75) is 58.5 Å². The predicted molar refractivity (Wildman–Crippen MR) is 83.9 cm³/mol. The van der Waals surface area contributed by atoms with Crippen molar-refractivity contribution < 1.29 is 5.11 Å². The zero-order valence-corrected chi connectivity index (χ0v) is 13.4. The Morgan fingerprint density at radius 1 is 1.25 bits per heavy atom. The van der Waals surface area contributed by atoms with Gasteiger partial charge in [0.25, 0.3) is 0 Å². The SMILES string of the molecule is CCNC(=NCC1(O)CCCC1)N1CC(C)CC(C)C1. The molecule has 0 radical (unpaired) electrons. The van der Waals surface area contributed by atoms with E-state index in [9.17, 15) is 5.11 Å². The van der Waals surface area contributed by atoms with Crippen molar-refractivity contribution in [1.29, 1.82) is 0 Å². The van der Waals surface area contributed by atoms with Gasteiger partial charge in [-0.15, -0.1) is 0 Å². The van der Waals surface area contributed by atoms with Crippen LogP contribution in [0.1, 0.15) is 52.9 Å². The highest BCUT2D eigenvalue weighted by atomic mass is 16.3. The van der Waals surface area contributed by atoms with Gasteiger partial charge in [0.2, 0.25) is 0 Å². The summed E-state index contributed by atoms with van der Waals surface area (Å²) in [6.07, 6.45) is 5.39. The Morgan fingerprint density at radius 3 is 2.40 bits per heavy atom. The number of rotatable bonds is 3. The Bertz CT molecular complexity index is 327. The minimum absolute atomic E-state index is 0.548. The maximum Gasteiger partial charge on any atom is 0.194 e. The minimum Gasteiger partial charge on any atom is -0.388 e. The second-order valence-corrected chi connectivity index (χ2v) is 6.95. The Hall–Kier alpha value is -0.770. The van der Waals surface area contributed by atoms with E-state index in [0.717, 1.165) is 63.1 Å². The van der Waals surface area contributed by atoms with E-state index < -0.39 is 5.60 Å². The number of likely N-dealkylation sites (tertiary alicyclic amines) is 1. The summed E-state index contributed by atoms with van der Waals surface area (Å²) in [5.41, 5.74) is -0.548. The van der Waals surface area contributed by atoms with Crippen LogP contribution in [0, 0.1) is 11.8 Å². The van der Waals surface area contributed by atoms with Crippen molar-refractivity contribution in [3.8, 4) is 0 Å². The summed E-state index contributed by atoms with van der Waals surface area (Å²) >= 11 is 0. The molecule has 2 rings (SSSR count). The quantitative estimate of drug-likeness (QED) is 0.616. The van der Waals surface area contributed by atoms with E-state index in [2.05, 4.69) is 31.0 Å². The molecule has 20 heavy (non-hydrogen) atoms. The average molecular weight is 281 g/mol. The van der Waals surface area contributed by atoms with E-state index in [-0.39, 0.29) is 0 Å². The number of nitrogens with zero attached hydrogens (tertiary/aromatic N) is 2. The van der Waals surface area contributed by atoms with Crippen LogP contribution in [-0.2, 0) is 0 Å². The standard InChI is InChI=1S/C16H31N3O/c1-4-17-15(18-12-16(20)7-5-6-8-16)19-10-13(2)9-14(3)11-19/h13-14,20H,4-12H2,1-3H3,(H,17,18). The molecule has 1 aliphatic carbocycles. The third-order valence-electron chi connectivity index (χ3n) is 4.56. The largest absolute Gasteiger partial charge is 0.388 e. The summed E-state index contributed by atoms with van der Waals surface area (Å²) in [7, 11) is 0. The third-order valence-corrected chi connectivity index (χ3v) is 4.56. The van der Waals surface area contributed by atoms with E-state index in [4.69, 9.17) is 4.99 Å². The van der Waals surface area contributed by atoms with Crippen molar-refractivity contribution in [3.05, 3.63) is 0 Å². The molecule has 0 spiro atoms. The smallest absolute Gasteiger partial charge is 0.194 e. The Labute approximate surface area is 123 Å². The molecule has 2 N–H and O–H groups in total. The monoisotopic (exact) mass is 281 g/mol. The van der Waals surface area contributed by atoms with Gasteiger partial charge in [0.05, 0.1) is 12.1 Å². The molecule has 0 aromatic rings. The van der Waals surface area contributed by atoms with Crippen LogP contribution in [0.25, 0.3) is 0 Å². The summed E-state index contributed by atoms with van der Waals surface area (Å²) in [5.74, 6) is 2.43. The van der Waals surface area contributed by atoms with Crippen molar-refractivity contribution >= 4 is 5.96 Å². The lowest BCUT2D eigenvalue weighted by Gasteiger charge is -2.37. The van der Waals surface area contributed by atoms with Crippen LogP contribution in [0.4, 0.5) is 0 Å². The van der Waals surface area contributed by atoms with E-state index in [1.807, 2.05) is 0 Å². The summed E-state index contributed by atoms with van der Waals surface area (Å²) in [6, 6.07) is 0. The van der Waals surface area contributed by atoms with Crippen molar-refractivity contribution in [1.82, 2.24) is 10.2 Å². The van der Waals surface area contributed by atoms with Gasteiger partial charge in [-0.1, -0.05) is 26.7 Å². The van der Waals surface area contributed by atoms with Gasteiger partial charge in [0.1, 0.15) is 0 Å². The Balaban J connectivity index is 2.01. The van der Waals surface area contributed by atoms with Gasteiger partial charge in [0.15, 0.2) is 5.96 Å². The molecule has 2 unspecified atom stereocenters. The summed E-state index contributed by atoms with van der Waals surface area (Å²) in [4.78, 5) is 7.12. The minimum atomic E-state index is -0.548. The maximum atomic E-state index is 10.5. The molecule has 0 bridgehead atoms. The number of hydrogen-bond acceptors (Lipinski definition) is 2. The zero-order chi connectivity index (χ0) is 14.6.